The van der Waals surface area contributed by atoms with Gasteiger partial charge in [-0.05, 0) is 27.7 Å². The van der Waals surface area contributed by atoms with Gasteiger partial charge in [0.15, 0.2) is 11.6 Å². The number of rotatable bonds is 8. The Morgan fingerprint density at radius 3 is 1.29 bits per heavy atom. The van der Waals surface area contributed by atoms with Gasteiger partial charge in [0.1, 0.15) is 11.8 Å². The Morgan fingerprint density at radius 2 is 1.04 bits per heavy atom. The third kappa shape index (κ3) is 4.75. The maximum Gasteiger partial charge on any atom is 0.316 e. The van der Waals surface area contributed by atoms with E-state index in [-0.39, 0.29) is 24.8 Å². The predicted octanol–water partition coefficient (Wildman–Crippen LogP) is 2.45. The van der Waals surface area contributed by atoms with Gasteiger partial charge in [-0.3, -0.25) is 19.2 Å². The van der Waals surface area contributed by atoms with Gasteiger partial charge >= 0.3 is 11.9 Å². The van der Waals surface area contributed by atoms with Gasteiger partial charge in [-0.15, -0.1) is 0 Å². The van der Waals surface area contributed by atoms with E-state index in [1.54, 1.807) is 13.8 Å². The van der Waals surface area contributed by atoms with Crippen molar-refractivity contribution in [3.05, 3.63) is 35.4 Å². The Bertz CT molecular complexity index is 562. The summed E-state index contributed by atoms with van der Waals surface area (Å²) < 4.78 is 9.65. The van der Waals surface area contributed by atoms with Crippen LogP contribution in [0.25, 0.3) is 0 Å². The second-order valence-electron chi connectivity index (χ2n) is 5.25. The van der Waals surface area contributed by atoms with Gasteiger partial charge in [0.25, 0.3) is 0 Å². The first-order valence-corrected chi connectivity index (χ1v) is 7.85. The van der Waals surface area contributed by atoms with E-state index < -0.39 is 23.8 Å². The number of carbonyl (C=O) groups is 4. The molecule has 0 saturated heterocycles. The molecule has 2 atom stereocenters. The number of esters is 2. The minimum absolute atomic E-state index is 0.204. The third-order valence-electron chi connectivity index (χ3n) is 3.52. The highest BCUT2D eigenvalue weighted by Gasteiger charge is 2.26. The average molecular weight is 334 g/mol. The van der Waals surface area contributed by atoms with Gasteiger partial charge in [-0.25, -0.2) is 0 Å². The van der Waals surface area contributed by atoms with Crippen LogP contribution < -0.4 is 0 Å². The normalized spacial score (nSPS) is 12.8. The molecule has 130 valence electrons. The van der Waals surface area contributed by atoms with E-state index in [4.69, 9.17) is 9.47 Å². The van der Waals surface area contributed by atoms with Crippen LogP contribution in [0, 0.1) is 11.8 Å². The number of hydrogen-bond acceptors (Lipinski definition) is 6. The van der Waals surface area contributed by atoms with Gasteiger partial charge in [-0.2, -0.15) is 0 Å². The molecular weight excluding hydrogens is 312 g/mol. The Hall–Kier alpha value is -2.50. The Labute approximate surface area is 141 Å². The highest BCUT2D eigenvalue weighted by molar-refractivity contribution is 6.10. The van der Waals surface area contributed by atoms with Gasteiger partial charge < -0.3 is 9.47 Å². The Morgan fingerprint density at radius 1 is 0.750 bits per heavy atom. The maximum absolute atomic E-state index is 12.2. The lowest BCUT2D eigenvalue weighted by Gasteiger charge is -2.11. The molecule has 0 amide bonds. The van der Waals surface area contributed by atoms with E-state index in [2.05, 4.69) is 0 Å². The fourth-order valence-electron chi connectivity index (χ4n) is 2.05. The second-order valence-corrected chi connectivity index (χ2v) is 5.25. The SMILES string of the molecule is CCOC(=O)[C@@H](C)C(=O)c1ccc(C(=O)[C@H](C)C(=O)OCC)cc1. The van der Waals surface area contributed by atoms with E-state index in [1.807, 2.05) is 0 Å². The fraction of sp³-hybridized carbons (Fsp3) is 0.444. The van der Waals surface area contributed by atoms with Crippen molar-refractivity contribution in [3.63, 3.8) is 0 Å². The smallest absolute Gasteiger partial charge is 0.316 e. The lowest BCUT2D eigenvalue weighted by Crippen LogP contribution is -2.24. The lowest BCUT2D eigenvalue weighted by molar-refractivity contribution is -0.146. The summed E-state index contributed by atoms with van der Waals surface area (Å²) in [5.74, 6) is -3.76. The van der Waals surface area contributed by atoms with Crippen molar-refractivity contribution in [1.82, 2.24) is 0 Å². The summed E-state index contributed by atoms with van der Waals surface area (Å²) in [7, 11) is 0. The molecule has 0 saturated carbocycles. The largest absolute Gasteiger partial charge is 0.465 e. The number of hydrogen-bond donors (Lipinski definition) is 0. The van der Waals surface area contributed by atoms with Crippen molar-refractivity contribution in [3.8, 4) is 0 Å². The van der Waals surface area contributed by atoms with Gasteiger partial charge in [0.05, 0.1) is 13.2 Å². The van der Waals surface area contributed by atoms with Crippen molar-refractivity contribution in [1.29, 1.82) is 0 Å². The molecular formula is C18H22O6. The molecule has 0 heterocycles. The first kappa shape index (κ1) is 19.5. The molecule has 0 spiro atoms. The van der Waals surface area contributed by atoms with Crippen LogP contribution in [0.3, 0.4) is 0 Å². The summed E-state index contributed by atoms with van der Waals surface area (Å²) >= 11 is 0. The molecule has 0 aliphatic rings. The van der Waals surface area contributed by atoms with Crippen molar-refractivity contribution in [2.75, 3.05) is 13.2 Å². The molecule has 0 radical (unpaired) electrons. The number of ketones is 2. The minimum atomic E-state index is -0.912. The van der Waals surface area contributed by atoms with Crippen LogP contribution in [0.4, 0.5) is 0 Å². The molecule has 1 rings (SSSR count). The monoisotopic (exact) mass is 334 g/mol. The summed E-state index contributed by atoms with van der Waals surface area (Å²) in [5.41, 5.74) is 0.604. The van der Waals surface area contributed by atoms with Crippen molar-refractivity contribution in [2.24, 2.45) is 11.8 Å². The summed E-state index contributed by atoms with van der Waals surface area (Å²) in [5, 5.41) is 0. The van der Waals surface area contributed by atoms with Crippen LogP contribution in [0.5, 0.6) is 0 Å². The van der Waals surface area contributed by atoms with E-state index in [9.17, 15) is 19.2 Å². The topological polar surface area (TPSA) is 86.7 Å². The highest BCUT2D eigenvalue weighted by Crippen LogP contribution is 2.15. The molecule has 0 aliphatic carbocycles. The molecule has 0 bridgehead atoms. The van der Waals surface area contributed by atoms with Gasteiger partial charge in [0.2, 0.25) is 0 Å². The average Bonchev–Trinajstić information content (AvgIpc) is 2.59. The van der Waals surface area contributed by atoms with Crippen LogP contribution in [0.2, 0.25) is 0 Å². The van der Waals surface area contributed by atoms with Crippen LogP contribution >= 0.6 is 0 Å². The van der Waals surface area contributed by atoms with Crippen molar-refractivity contribution < 1.29 is 28.7 Å². The quantitative estimate of drug-likeness (QED) is 0.412. The van der Waals surface area contributed by atoms with E-state index in [0.29, 0.717) is 11.1 Å². The first-order valence-electron chi connectivity index (χ1n) is 7.85. The van der Waals surface area contributed by atoms with Gasteiger partial charge in [0, 0.05) is 11.1 Å². The van der Waals surface area contributed by atoms with Crippen LogP contribution in [0.15, 0.2) is 24.3 Å². The summed E-state index contributed by atoms with van der Waals surface area (Å²) in [6.45, 7) is 6.69. The second kappa shape index (κ2) is 8.96. The number of benzene rings is 1. The highest BCUT2D eigenvalue weighted by atomic mass is 16.5. The molecule has 1 aromatic carbocycles. The Balaban J connectivity index is 2.85. The van der Waals surface area contributed by atoms with E-state index in [1.165, 1.54) is 38.1 Å². The molecule has 1 aromatic rings. The summed E-state index contributed by atoms with van der Waals surface area (Å²) in [6.07, 6.45) is 0. The van der Waals surface area contributed by atoms with Crippen molar-refractivity contribution in [2.45, 2.75) is 27.7 Å². The summed E-state index contributed by atoms with van der Waals surface area (Å²) in [4.78, 5) is 47.6. The van der Waals surface area contributed by atoms with Crippen LogP contribution in [-0.4, -0.2) is 36.7 Å². The number of carbonyl (C=O) groups excluding carboxylic acids is 4. The van der Waals surface area contributed by atoms with E-state index in [0.717, 1.165) is 0 Å². The predicted molar refractivity (Wildman–Crippen MR) is 86.7 cm³/mol. The number of Topliss-reactive ketones (excluding diaryl/α,β-unsaturated/α-hetero) is 2. The molecule has 0 N–H and O–H groups in total. The zero-order chi connectivity index (χ0) is 18.3. The zero-order valence-corrected chi connectivity index (χ0v) is 14.3. The molecule has 0 fully saturated rings. The molecule has 0 aromatic heterocycles. The van der Waals surface area contributed by atoms with E-state index >= 15 is 0 Å². The van der Waals surface area contributed by atoms with Crippen LogP contribution in [-0.2, 0) is 19.1 Å². The zero-order valence-electron chi connectivity index (χ0n) is 14.3. The standard InChI is InChI=1S/C18H22O6/c1-5-23-17(21)11(3)15(19)13-7-9-14(10-8-13)16(20)12(4)18(22)24-6-2/h7-12H,5-6H2,1-4H3/t11-,12-/m0/s1. The molecule has 0 unspecified atom stereocenters. The number of ether oxygens (including phenoxy) is 2. The third-order valence-corrected chi connectivity index (χ3v) is 3.52. The fourth-order valence-corrected chi connectivity index (χ4v) is 2.05. The molecule has 0 aliphatic heterocycles. The molecule has 6 nitrogen and oxygen atoms in total. The minimum Gasteiger partial charge on any atom is -0.465 e. The maximum atomic E-state index is 12.2. The summed E-state index contributed by atoms with van der Waals surface area (Å²) in [6, 6.07) is 5.85. The lowest BCUT2D eigenvalue weighted by atomic mass is 9.95. The van der Waals surface area contributed by atoms with Crippen LogP contribution in [0.1, 0.15) is 48.4 Å². The molecule has 6 heteroatoms. The van der Waals surface area contributed by atoms with Gasteiger partial charge in [-0.1, -0.05) is 24.3 Å². The Kier molecular flexibility index (Phi) is 7.30. The van der Waals surface area contributed by atoms with Crippen molar-refractivity contribution >= 4 is 23.5 Å². The molecule has 24 heavy (non-hydrogen) atoms. The first-order chi connectivity index (χ1) is 11.3.